The van der Waals surface area contributed by atoms with Gasteiger partial charge < -0.3 is 10.4 Å². The van der Waals surface area contributed by atoms with Gasteiger partial charge >= 0.3 is 5.97 Å². The number of aliphatic carboxylic acids is 1. The molecule has 0 heterocycles. The maximum atomic E-state index is 11.6. The molecule has 2 N–H and O–H groups in total. The van der Waals surface area contributed by atoms with E-state index < -0.39 is 10.9 Å². The van der Waals surface area contributed by atoms with E-state index in [1.807, 2.05) is 0 Å². The van der Waals surface area contributed by atoms with Crippen LogP contribution in [-0.2, 0) is 9.59 Å². The summed E-state index contributed by atoms with van der Waals surface area (Å²) < 4.78 is 0. The zero-order chi connectivity index (χ0) is 14.4. The highest BCUT2D eigenvalue weighted by Gasteiger charge is 2.13. The topological polar surface area (TPSA) is 110 Å². The zero-order valence-electron chi connectivity index (χ0n) is 10.3. The Labute approximate surface area is 109 Å². The maximum absolute atomic E-state index is 11.6. The van der Waals surface area contributed by atoms with Crippen LogP contribution in [0.4, 0.5) is 11.4 Å². The van der Waals surface area contributed by atoms with E-state index in [9.17, 15) is 19.7 Å². The van der Waals surface area contributed by atoms with E-state index in [1.54, 1.807) is 6.92 Å². The highest BCUT2D eigenvalue weighted by Crippen LogP contribution is 2.16. The van der Waals surface area contributed by atoms with E-state index >= 15 is 0 Å². The number of rotatable bonds is 6. The molecule has 0 aliphatic rings. The number of carbonyl (C=O) groups excluding carboxylic acids is 1. The van der Waals surface area contributed by atoms with Gasteiger partial charge in [-0.3, -0.25) is 19.7 Å². The normalized spacial score (nSPS) is 11.6. The number of non-ortho nitro benzene ring substituents is 1. The third kappa shape index (κ3) is 5.15. The second-order valence-corrected chi connectivity index (χ2v) is 4.26. The first-order valence-corrected chi connectivity index (χ1v) is 5.64. The van der Waals surface area contributed by atoms with Crippen LogP contribution in [0.1, 0.15) is 19.8 Å². The van der Waals surface area contributed by atoms with E-state index in [-0.39, 0.29) is 30.4 Å². The minimum absolute atomic E-state index is 0.0581. The molecule has 1 unspecified atom stereocenters. The van der Waals surface area contributed by atoms with Crippen LogP contribution in [0.2, 0.25) is 0 Å². The lowest BCUT2D eigenvalue weighted by Gasteiger charge is -2.09. The predicted octanol–water partition coefficient (Wildman–Crippen LogP) is 2.03. The van der Waals surface area contributed by atoms with Gasteiger partial charge in [0.05, 0.1) is 4.92 Å². The molecule has 0 fully saturated rings. The molecule has 0 aromatic heterocycles. The van der Waals surface area contributed by atoms with Gasteiger partial charge in [0, 0.05) is 30.7 Å². The molecule has 0 aliphatic carbocycles. The lowest BCUT2D eigenvalue weighted by molar-refractivity contribution is -0.384. The van der Waals surface area contributed by atoms with E-state index in [0.29, 0.717) is 5.69 Å². The van der Waals surface area contributed by atoms with Crippen molar-refractivity contribution in [2.24, 2.45) is 5.92 Å². The zero-order valence-corrected chi connectivity index (χ0v) is 10.3. The molecule has 1 atom stereocenters. The van der Waals surface area contributed by atoms with Gasteiger partial charge in [-0.2, -0.15) is 0 Å². The number of nitrogens with zero attached hydrogens (tertiary/aromatic N) is 1. The molecule has 19 heavy (non-hydrogen) atoms. The molecule has 0 saturated carbocycles. The minimum Gasteiger partial charge on any atom is -0.481 e. The molecule has 1 aromatic carbocycles. The van der Waals surface area contributed by atoms with Crippen LogP contribution in [-0.4, -0.2) is 21.9 Å². The summed E-state index contributed by atoms with van der Waals surface area (Å²) in [6.45, 7) is 1.67. The van der Waals surface area contributed by atoms with Gasteiger partial charge in [-0.15, -0.1) is 0 Å². The molecular weight excluding hydrogens is 252 g/mol. The standard InChI is InChI=1S/C12H14N2O5/c1-8(7-12(16)17)6-11(15)13-9-2-4-10(5-3-9)14(18)19/h2-5,8H,6-7H2,1H3,(H,13,15)(H,16,17). The van der Waals surface area contributed by atoms with Crippen molar-refractivity contribution in [1.29, 1.82) is 0 Å². The summed E-state index contributed by atoms with van der Waals surface area (Å²) >= 11 is 0. The van der Waals surface area contributed by atoms with Crippen LogP contribution >= 0.6 is 0 Å². The first-order chi connectivity index (χ1) is 8.88. The van der Waals surface area contributed by atoms with Gasteiger partial charge in [0.2, 0.25) is 5.91 Å². The van der Waals surface area contributed by atoms with Crippen LogP contribution in [0.3, 0.4) is 0 Å². The van der Waals surface area contributed by atoms with Gasteiger partial charge in [-0.25, -0.2) is 0 Å². The summed E-state index contributed by atoms with van der Waals surface area (Å²) in [7, 11) is 0. The molecule has 7 heteroatoms. The highest BCUT2D eigenvalue weighted by atomic mass is 16.6. The Morgan fingerprint density at radius 1 is 1.32 bits per heavy atom. The second kappa shape index (κ2) is 6.48. The molecule has 102 valence electrons. The molecule has 1 aromatic rings. The van der Waals surface area contributed by atoms with Crippen LogP contribution in [0.15, 0.2) is 24.3 Å². The highest BCUT2D eigenvalue weighted by molar-refractivity contribution is 5.91. The average Bonchev–Trinajstić information content (AvgIpc) is 2.27. The van der Waals surface area contributed by atoms with Crippen LogP contribution < -0.4 is 5.32 Å². The summed E-state index contributed by atoms with van der Waals surface area (Å²) in [4.78, 5) is 32.0. The summed E-state index contributed by atoms with van der Waals surface area (Å²) in [6, 6.07) is 5.43. The Hall–Kier alpha value is -2.44. The maximum Gasteiger partial charge on any atom is 0.303 e. The fourth-order valence-electron chi connectivity index (χ4n) is 1.57. The molecule has 0 radical (unpaired) electrons. The summed E-state index contributed by atoms with van der Waals surface area (Å²) in [5.41, 5.74) is 0.385. The van der Waals surface area contributed by atoms with Crippen molar-refractivity contribution in [2.45, 2.75) is 19.8 Å². The van der Waals surface area contributed by atoms with E-state index in [1.165, 1.54) is 24.3 Å². The molecule has 0 aliphatic heterocycles. The number of anilines is 1. The molecule has 1 amide bonds. The second-order valence-electron chi connectivity index (χ2n) is 4.26. The number of nitro benzene ring substituents is 1. The first kappa shape index (κ1) is 14.6. The number of carboxylic acid groups (broad SMARTS) is 1. The molecule has 0 bridgehead atoms. The Morgan fingerprint density at radius 3 is 2.37 bits per heavy atom. The molecule has 0 saturated heterocycles. The van der Waals surface area contributed by atoms with Gasteiger partial charge in [-0.1, -0.05) is 6.92 Å². The van der Waals surface area contributed by atoms with Gasteiger partial charge in [0.15, 0.2) is 0 Å². The molecule has 7 nitrogen and oxygen atoms in total. The predicted molar refractivity (Wildman–Crippen MR) is 67.8 cm³/mol. The molecule has 0 spiro atoms. The van der Waals surface area contributed by atoms with Gasteiger partial charge in [0.25, 0.3) is 5.69 Å². The van der Waals surface area contributed by atoms with Crippen molar-refractivity contribution in [3.8, 4) is 0 Å². The van der Waals surface area contributed by atoms with Gasteiger partial charge in [0.1, 0.15) is 0 Å². The van der Waals surface area contributed by atoms with Crippen molar-refractivity contribution < 1.29 is 19.6 Å². The van der Waals surface area contributed by atoms with Crippen molar-refractivity contribution in [1.82, 2.24) is 0 Å². The summed E-state index contributed by atoms with van der Waals surface area (Å²) in [5.74, 6) is -1.53. The molecule has 1 rings (SSSR count). The first-order valence-electron chi connectivity index (χ1n) is 5.64. The largest absolute Gasteiger partial charge is 0.481 e. The van der Waals surface area contributed by atoms with Gasteiger partial charge in [-0.05, 0) is 18.1 Å². The number of carbonyl (C=O) groups is 2. The third-order valence-corrected chi connectivity index (χ3v) is 2.42. The fourth-order valence-corrected chi connectivity index (χ4v) is 1.57. The Bertz CT molecular complexity index is 483. The fraction of sp³-hybridized carbons (Fsp3) is 0.333. The van der Waals surface area contributed by atoms with E-state index in [2.05, 4.69) is 5.32 Å². The number of nitrogens with one attached hydrogen (secondary N) is 1. The van der Waals surface area contributed by atoms with Crippen LogP contribution in [0, 0.1) is 16.0 Å². The number of nitro groups is 1. The lowest BCUT2D eigenvalue weighted by atomic mass is 10.0. The summed E-state index contributed by atoms with van der Waals surface area (Å²) in [6.07, 6.45) is 0.0109. The Morgan fingerprint density at radius 2 is 1.89 bits per heavy atom. The smallest absolute Gasteiger partial charge is 0.303 e. The van der Waals surface area contributed by atoms with Crippen LogP contribution in [0.5, 0.6) is 0 Å². The minimum atomic E-state index is -0.948. The lowest BCUT2D eigenvalue weighted by Crippen LogP contribution is -2.16. The number of amides is 1. The Kier molecular flexibility index (Phi) is 4.99. The number of carboxylic acids is 1. The number of benzene rings is 1. The average molecular weight is 266 g/mol. The van der Waals surface area contributed by atoms with E-state index in [4.69, 9.17) is 5.11 Å². The molecular formula is C12H14N2O5. The van der Waals surface area contributed by atoms with Crippen molar-refractivity contribution in [2.75, 3.05) is 5.32 Å². The number of hydrogen-bond acceptors (Lipinski definition) is 4. The van der Waals surface area contributed by atoms with Crippen molar-refractivity contribution in [3.05, 3.63) is 34.4 Å². The summed E-state index contributed by atoms with van der Waals surface area (Å²) in [5, 5.41) is 21.6. The monoisotopic (exact) mass is 266 g/mol. The van der Waals surface area contributed by atoms with Crippen molar-refractivity contribution >= 4 is 23.3 Å². The Balaban J connectivity index is 2.52. The number of hydrogen-bond donors (Lipinski definition) is 2. The quantitative estimate of drug-likeness (QED) is 0.604. The third-order valence-electron chi connectivity index (χ3n) is 2.42. The SMILES string of the molecule is CC(CC(=O)O)CC(=O)Nc1ccc([N+](=O)[O-])cc1. The van der Waals surface area contributed by atoms with Crippen molar-refractivity contribution in [3.63, 3.8) is 0 Å². The van der Waals surface area contributed by atoms with E-state index in [0.717, 1.165) is 0 Å². The van der Waals surface area contributed by atoms with Crippen LogP contribution in [0.25, 0.3) is 0 Å².